The van der Waals surface area contributed by atoms with Crippen molar-refractivity contribution in [3.8, 4) is 17.3 Å². The monoisotopic (exact) mass is 293 g/mol. The van der Waals surface area contributed by atoms with Crippen molar-refractivity contribution in [3.63, 3.8) is 0 Å². The van der Waals surface area contributed by atoms with Gasteiger partial charge in [0.2, 0.25) is 5.88 Å². The van der Waals surface area contributed by atoms with Gasteiger partial charge in [0, 0.05) is 11.6 Å². The van der Waals surface area contributed by atoms with Gasteiger partial charge in [-0.2, -0.15) is 9.61 Å². The van der Waals surface area contributed by atoms with Crippen molar-refractivity contribution in [2.45, 2.75) is 6.61 Å². The van der Waals surface area contributed by atoms with Crippen molar-refractivity contribution in [2.24, 2.45) is 0 Å². The molecule has 0 radical (unpaired) electrons. The van der Waals surface area contributed by atoms with Crippen molar-refractivity contribution in [3.05, 3.63) is 54.6 Å². The number of ether oxygens (including phenoxy) is 1. The van der Waals surface area contributed by atoms with Crippen LogP contribution in [0.3, 0.4) is 0 Å². The average molecular weight is 293 g/mol. The number of H-pyrrole nitrogens is 1. The largest absolute Gasteiger partial charge is 0.468 e. The molecule has 4 aromatic rings. The minimum absolute atomic E-state index is 0.265. The quantitative estimate of drug-likeness (QED) is 0.612. The zero-order valence-corrected chi connectivity index (χ0v) is 11.4. The minimum Gasteiger partial charge on any atom is -0.468 e. The van der Waals surface area contributed by atoms with E-state index in [1.807, 2.05) is 36.4 Å². The first-order chi connectivity index (χ1) is 10.9. The molecule has 0 bridgehead atoms. The molecule has 0 unspecified atom stereocenters. The number of aromatic amines is 1. The molecular formula is C14H11N7O. The second-order valence-electron chi connectivity index (χ2n) is 4.55. The lowest BCUT2D eigenvalue weighted by molar-refractivity contribution is 0.280. The maximum absolute atomic E-state index is 5.60. The number of hydrogen-bond acceptors (Lipinski definition) is 6. The molecule has 0 saturated heterocycles. The number of aromatic nitrogens is 7. The SMILES string of the molecule is c1ccc(-c2nnc3ccc(OCc4ncn[nH]4)nn23)cc1. The molecule has 0 saturated carbocycles. The van der Waals surface area contributed by atoms with Crippen LogP contribution < -0.4 is 4.74 Å². The summed E-state index contributed by atoms with van der Waals surface area (Å²) in [5.41, 5.74) is 1.60. The van der Waals surface area contributed by atoms with Gasteiger partial charge in [-0.1, -0.05) is 30.3 Å². The van der Waals surface area contributed by atoms with E-state index in [-0.39, 0.29) is 6.61 Å². The molecule has 22 heavy (non-hydrogen) atoms. The van der Waals surface area contributed by atoms with Crippen molar-refractivity contribution in [2.75, 3.05) is 0 Å². The Hall–Kier alpha value is -3.29. The summed E-state index contributed by atoms with van der Waals surface area (Å²) in [6, 6.07) is 13.3. The summed E-state index contributed by atoms with van der Waals surface area (Å²) >= 11 is 0. The lowest BCUT2D eigenvalue weighted by Gasteiger charge is -2.04. The van der Waals surface area contributed by atoms with Gasteiger partial charge in [-0.05, 0) is 6.07 Å². The maximum Gasteiger partial charge on any atom is 0.232 e. The Morgan fingerprint density at radius 3 is 2.77 bits per heavy atom. The Balaban J connectivity index is 1.67. The summed E-state index contributed by atoms with van der Waals surface area (Å²) < 4.78 is 7.26. The number of hydrogen-bond donors (Lipinski definition) is 1. The summed E-state index contributed by atoms with van der Waals surface area (Å²) in [6.45, 7) is 0.265. The molecule has 8 nitrogen and oxygen atoms in total. The molecule has 3 aromatic heterocycles. The van der Waals surface area contributed by atoms with Crippen LogP contribution in [-0.2, 0) is 6.61 Å². The fourth-order valence-corrected chi connectivity index (χ4v) is 2.06. The number of nitrogens with one attached hydrogen (secondary N) is 1. The Morgan fingerprint density at radius 2 is 1.95 bits per heavy atom. The Bertz CT molecular complexity index is 886. The number of nitrogens with zero attached hydrogens (tertiary/aromatic N) is 6. The molecule has 0 amide bonds. The maximum atomic E-state index is 5.60. The Morgan fingerprint density at radius 1 is 1.05 bits per heavy atom. The third-order valence-corrected chi connectivity index (χ3v) is 3.09. The van der Waals surface area contributed by atoms with E-state index in [0.717, 1.165) is 5.56 Å². The van der Waals surface area contributed by atoms with E-state index in [4.69, 9.17) is 4.74 Å². The van der Waals surface area contributed by atoms with Gasteiger partial charge in [-0.25, -0.2) is 4.98 Å². The van der Waals surface area contributed by atoms with Crippen molar-refractivity contribution in [1.29, 1.82) is 0 Å². The van der Waals surface area contributed by atoms with E-state index < -0.39 is 0 Å². The predicted molar refractivity (Wildman–Crippen MR) is 76.9 cm³/mol. The van der Waals surface area contributed by atoms with Crippen LogP contribution in [-0.4, -0.2) is 35.0 Å². The van der Waals surface area contributed by atoms with Crippen molar-refractivity contribution >= 4 is 5.65 Å². The van der Waals surface area contributed by atoms with E-state index in [1.54, 1.807) is 10.6 Å². The smallest absolute Gasteiger partial charge is 0.232 e. The molecule has 0 aliphatic carbocycles. The molecule has 0 atom stereocenters. The molecule has 0 spiro atoms. The summed E-state index contributed by atoms with van der Waals surface area (Å²) in [4.78, 5) is 4.00. The molecule has 8 heteroatoms. The summed E-state index contributed by atoms with van der Waals surface area (Å²) in [6.07, 6.45) is 1.43. The number of fused-ring (bicyclic) bond motifs is 1. The summed E-state index contributed by atoms with van der Waals surface area (Å²) in [5, 5.41) is 19.2. The molecular weight excluding hydrogens is 282 g/mol. The van der Waals surface area contributed by atoms with Gasteiger partial charge in [-0.3, -0.25) is 5.10 Å². The highest BCUT2D eigenvalue weighted by atomic mass is 16.5. The highest BCUT2D eigenvalue weighted by Crippen LogP contribution is 2.18. The van der Waals surface area contributed by atoms with Gasteiger partial charge in [0.05, 0.1) is 0 Å². The van der Waals surface area contributed by atoms with Crippen LogP contribution in [0, 0.1) is 0 Å². The number of rotatable bonds is 4. The highest BCUT2D eigenvalue weighted by Gasteiger charge is 2.10. The van der Waals surface area contributed by atoms with E-state index >= 15 is 0 Å². The summed E-state index contributed by atoms with van der Waals surface area (Å²) in [5.74, 6) is 1.76. The van der Waals surface area contributed by atoms with Gasteiger partial charge in [-0.15, -0.1) is 15.3 Å². The van der Waals surface area contributed by atoms with Crippen LogP contribution in [0.5, 0.6) is 5.88 Å². The molecule has 1 aromatic carbocycles. The van der Waals surface area contributed by atoms with Gasteiger partial charge < -0.3 is 4.74 Å². The van der Waals surface area contributed by atoms with Gasteiger partial charge in [0.1, 0.15) is 12.9 Å². The molecule has 0 fully saturated rings. The molecule has 108 valence electrons. The second-order valence-corrected chi connectivity index (χ2v) is 4.55. The lowest BCUT2D eigenvalue weighted by Crippen LogP contribution is -2.02. The van der Waals surface area contributed by atoms with E-state index in [0.29, 0.717) is 23.2 Å². The summed E-state index contributed by atoms with van der Waals surface area (Å²) in [7, 11) is 0. The van der Waals surface area contributed by atoms with Crippen molar-refractivity contribution in [1.82, 2.24) is 35.0 Å². The van der Waals surface area contributed by atoms with E-state index in [9.17, 15) is 0 Å². The van der Waals surface area contributed by atoms with Crippen LogP contribution in [0.1, 0.15) is 5.82 Å². The van der Waals surface area contributed by atoms with Crippen LogP contribution in [0.2, 0.25) is 0 Å². The average Bonchev–Trinajstić information content (AvgIpc) is 3.23. The fraction of sp³-hybridized carbons (Fsp3) is 0.0714. The second kappa shape index (κ2) is 5.24. The van der Waals surface area contributed by atoms with E-state index in [2.05, 4.69) is 30.5 Å². The zero-order valence-electron chi connectivity index (χ0n) is 11.4. The molecule has 3 heterocycles. The van der Waals surface area contributed by atoms with Crippen molar-refractivity contribution < 1.29 is 4.74 Å². The van der Waals surface area contributed by atoms with Gasteiger partial charge in [0.25, 0.3) is 0 Å². The van der Waals surface area contributed by atoms with Crippen LogP contribution in [0.15, 0.2) is 48.8 Å². The first kappa shape index (κ1) is 12.5. The molecule has 4 rings (SSSR count). The van der Waals surface area contributed by atoms with Crippen LogP contribution in [0.4, 0.5) is 0 Å². The zero-order chi connectivity index (χ0) is 14.8. The lowest BCUT2D eigenvalue weighted by atomic mass is 10.2. The van der Waals surface area contributed by atoms with Crippen LogP contribution in [0.25, 0.3) is 17.0 Å². The topological polar surface area (TPSA) is 93.9 Å². The minimum atomic E-state index is 0.265. The third kappa shape index (κ3) is 2.26. The number of benzene rings is 1. The molecule has 0 aliphatic rings. The van der Waals surface area contributed by atoms with E-state index in [1.165, 1.54) is 6.33 Å². The normalized spacial score (nSPS) is 10.9. The first-order valence-corrected chi connectivity index (χ1v) is 6.65. The molecule has 0 aliphatic heterocycles. The van der Waals surface area contributed by atoms with Gasteiger partial charge in [0.15, 0.2) is 17.3 Å². The van der Waals surface area contributed by atoms with Gasteiger partial charge >= 0.3 is 0 Å². The standard InChI is InChI=1S/C14H11N7O/c1-2-4-10(5-3-1)14-19-18-12-6-7-13(20-21(12)14)22-8-11-15-9-16-17-11/h1-7,9H,8H2,(H,15,16,17). The molecule has 1 N–H and O–H groups in total. The predicted octanol–water partition coefficient (Wildman–Crippen LogP) is 1.49. The highest BCUT2D eigenvalue weighted by molar-refractivity contribution is 5.58. The Labute approximate surface area is 124 Å². The van der Waals surface area contributed by atoms with Crippen LogP contribution >= 0.6 is 0 Å². The first-order valence-electron chi connectivity index (χ1n) is 6.65. The fourth-order valence-electron chi connectivity index (χ4n) is 2.06. The Kier molecular flexibility index (Phi) is 2.97. The third-order valence-electron chi connectivity index (χ3n) is 3.09.